The molecule has 6 nitrogen and oxygen atoms in total. The van der Waals surface area contributed by atoms with E-state index in [4.69, 9.17) is 4.74 Å². The fourth-order valence-electron chi connectivity index (χ4n) is 4.28. The number of carbonyl (C=O) groups is 3. The van der Waals surface area contributed by atoms with Crippen molar-refractivity contribution >= 4 is 29.1 Å². The largest absolute Gasteiger partial charge is 0.464 e. The second-order valence-electron chi connectivity index (χ2n) is 6.77. The zero-order valence-corrected chi connectivity index (χ0v) is 15.9. The first-order valence-corrected chi connectivity index (χ1v) is 9.75. The van der Waals surface area contributed by atoms with Crippen LogP contribution in [-0.4, -0.2) is 36.3 Å². The van der Waals surface area contributed by atoms with Crippen LogP contribution >= 0.6 is 11.3 Å². The van der Waals surface area contributed by atoms with Crippen molar-refractivity contribution in [1.82, 2.24) is 10.2 Å². The van der Waals surface area contributed by atoms with Crippen LogP contribution in [0.25, 0.3) is 0 Å². The summed E-state index contributed by atoms with van der Waals surface area (Å²) in [7, 11) is 1.48. The molecule has 1 aromatic carbocycles. The van der Waals surface area contributed by atoms with E-state index in [9.17, 15) is 14.4 Å². The minimum absolute atomic E-state index is 0.189. The molecule has 1 aromatic heterocycles. The van der Waals surface area contributed by atoms with Crippen LogP contribution in [-0.2, 0) is 24.7 Å². The molecule has 27 heavy (non-hydrogen) atoms. The molecule has 0 unspecified atom stereocenters. The van der Waals surface area contributed by atoms with Gasteiger partial charge in [0, 0.05) is 11.9 Å². The van der Waals surface area contributed by atoms with Crippen LogP contribution in [0.4, 0.5) is 0 Å². The zero-order chi connectivity index (χ0) is 19.2. The summed E-state index contributed by atoms with van der Waals surface area (Å²) >= 11 is 1.50. The molecule has 0 bridgehead atoms. The molecule has 4 atom stereocenters. The summed E-state index contributed by atoms with van der Waals surface area (Å²) in [6.45, 7) is 1.92. The van der Waals surface area contributed by atoms with Crippen molar-refractivity contribution in [2.75, 3.05) is 13.7 Å². The molecule has 0 radical (unpaired) electrons. The number of fused-ring (bicyclic) bond motifs is 1. The molecule has 4 rings (SSSR count). The van der Waals surface area contributed by atoms with Gasteiger partial charge in [-0.2, -0.15) is 0 Å². The molecule has 2 amide bonds. The normalized spacial score (nSPS) is 29.9. The Hall–Kier alpha value is -2.51. The molecule has 0 saturated carbocycles. The van der Waals surface area contributed by atoms with Crippen molar-refractivity contribution in [1.29, 1.82) is 0 Å². The van der Waals surface area contributed by atoms with E-state index >= 15 is 0 Å². The van der Waals surface area contributed by atoms with Crippen molar-refractivity contribution < 1.29 is 19.1 Å². The summed E-state index contributed by atoms with van der Waals surface area (Å²) in [5.41, 5.74) is -0.761. The van der Waals surface area contributed by atoms with E-state index in [0.29, 0.717) is 5.56 Å². The summed E-state index contributed by atoms with van der Waals surface area (Å²) in [6, 6.07) is 12.5. The molecule has 7 heteroatoms. The number of hydrogen-bond donors (Lipinski definition) is 1. The molecule has 140 valence electrons. The summed E-state index contributed by atoms with van der Waals surface area (Å²) < 4.78 is 5.40. The third kappa shape index (κ3) is 2.45. The van der Waals surface area contributed by atoms with E-state index in [-0.39, 0.29) is 18.4 Å². The molecule has 2 aliphatic heterocycles. The number of benzene rings is 1. The maximum absolute atomic E-state index is 13.2. The number of thiophene rings is 1. The number of nitrogens with one attached hydrogen (secondary N) is 1. The standard InChI is InChI=1S/C20H20N2O4S/c1-3-26-19(25)20(12-8-5-4-6-9-12)15-14(17(23)22(2)18(15)24)16(21-20)13-10-7-11-27-13/h4-11,14-16,21H,3H2,1-2H3/t14-,15+,16-,20+/m0/s1. The zero-order valence-electron chi connectivity index (χ0n) is 15.0. The second kappa shape index (κ2) is 6.58. The maximum Gasteiger partial charge on any atom is 0.331 e. The predicted molar refractivity (Wildman–Crippen MR) is 99.7 cm³/mol. The molecule has 2 fully saturated rings. The Kier molecular flexibility index (Phi) is 4.36. The van der Waals surface area contributed by atoms with Crippen LogP contribution in [0.5, 0.6) is 0 Å². The fraction of sp³-hybridized carbons (Fsp3) is 0.350. The lowest BCUT2D eigenvalue weighted by Gasteiger charge is -2.32. The van der Waals surface area contributed by atoms with E-state index in [0.717, 1.165) is 9.78 Å². The first kappa shape index (κ1) is 17.9. The van der Waals surface area contributed by atoms with Crippen LogP contribution in [0.15, 0.2) is 47.8 Å². The lowest BCUT2D eigenvalue weighted by atomic mass is 9.75. The molecule has 3 heterocycles. The summed E-state index contributed by atoms with van der Waals surface area (Å²) in [5.74, 6) is -2.64. The number of carbonyl (C=O) groups excluding carboxylic acids is 3. The van der Waals surface area contributed by atoms with Gasteiger partial charge in [-0.25, -0.2) is 4.79 Å². The van der Waals surface area contributed by atoms with Crippen molar-refractivity contribution in [2.24, 2.45) is 11.8 Å². The average molecular weight is 384 g/mol. The van der Waals surface area contributed by atoms with Crippen LogP contribution in [0.2, 0.25) is 0 Å². The van der Waals surface area contributed by atoms with E-state index in [1.165, 1.54) is 18.4 Å². The molecule has 0 aliphatic carbocycles. The predicted octanol–water partition coefficient (Wildman–Crippen LogP) is 2.08. The van der Waals surface area contributed by atoms with Crippen LogP contribution in [0.3, 0.4) is 0 Å². The molecular weight excluding hydrogens is 364 g/mol. The molecule has 2 aliphatic rings. The first-order chi connectivity index (χ1) is 13.0. The van der Waals surface area contributed by atoms with Gasteiger partial charge in [-0.05, 0) is 23.9 Å². The number of rotatable bonds is 4. The summed E-state index contributed by atoms with van der Waals surface area (Å²) in [5, 5.41) is 5.28. The van der Waals surface area contributed by atoms with E-state index in [2.05, 4.69) is 5.32 Å². The molecule has 1 N–H and O–H groups in total. The number of hydrogen-bond acceptors (Lipinski definition) is 6. The number of nitrogens with zero attached hydrogens (tertiary/aromatic N) is 1. The van der Waals surface area contributed by atoms with Crippen molar-refractivity contribution in [2.45, 2.75) is 18.5 Å². The van der Waals surface area contributed by atoms with Crippen molar-refractivity contribution in [3.63, 3.8) is 0 Å². The smallest absolute Gasteiger partial charge is 0.331 e. The molecule has 2 aromatic rings. The highest BCUT2D eigenvalue weighted by molar-refractivity contribution is 7.10. The quantitative estimate of drug-likeness (QED) is 0.645. The van der Waals surface area contributed by atoms with Gasteiger partial charge in [0.05, 0.1) is 24.5 Å². The Bertz CT molecular complexity index is 883. The topological polar surface area (TPSA) is 75.7 Å². The Morgan fingerprint density at radius 3 is 2.56 bits per heavy atom. The van der Waals surface area contributed by atoms with Crippen molar-refractivity contribution in [3.8, 4) is 0 Å². The van der Waals surface area contributed by atoms with Crippen LogP contribution in [0.1, 0.15) is 23.4 Å². The number of amides is 2. The number of esters is 1. The van der Waals surface area contributed by atoms with E-state index in [1.807, 2.05) is 35.7 Å². The van der Waals surface area contributed by atoms with Gasteiger partial charge in [-0.3, -0.25) is 19.8 Å². The second-order valence-corrected chi connectivity index (χ2v) is 7.75. The number of likely N-dealkylation sites (tertiary alicyclic amines) is 1. The fourth-order valence-corrected chi connectivity index (χ4v) is 5.10. The highest BCUT2D eigenvalue weighted by Crippen LogP contribution is 2.53. The highest BCUT2D eigenvalue weighted by Gasteiger charge is 2.69. The maximum atomic E-state index is 13.2. The monoisotopic (exact) mass is 384 g/mol. The lowest BCUT2D eigenvalue weighted by molar-refractivity contribution is -0.156. The molecule has 2 saturated heterocycles. The third-order valence-electron chi connectivity index (χ3n) is 5.46. The lowest BCUT2D eigenvalue weighted by Crippen LogP contribution is -2.53. The average Bonchev–Trinajstić information content (AvgIpc) is 3.37. The minimum atomic E-state index is -1.39. The Morgan fingerprint density at radius 2 is 1.93 bits per heavy atom. The van der Waals surface area contributed by atoms with E-state index in [1.54, 1.807) is 19.1 Å². The van der Waals surface area contributed by atoms with Crippen molar-refractivity contribution in [3.05, 3.63) is 58.3 Å². The molecule has 0 spiro atoms. The Balaban J connectivity index is 1.93. The first-order valence-electron chi connectivity index (χ1n) is 8.87. The molecular formula is C20H20N2O4S. The Labute approximate surface area is 161 Å². The minimum Gasteiger partial charge on any atom is -0.464 e. The third-order valence-corrected chi connectivity index (χ3v) is 6.41. The number of ether oxygens (including phenoxy) is 1. The van der Waals surface area contributed by atoms with Gasteiger partial charge in [0.1, 0.15) is 0 Å². The van der Waals surface area contributed by atoms with Gasteiger partial charge in [-0.1, -0.05) is 36.4 Å². The van der Waals surface area contributed by atoms with Gasteiger partial charge in [0.2, 0.25) is 11.8 Å². The van der Waals surface area contributed by atoms with Crippen LogP contribution in [0, 0.1) is 11.8 Å². The van der Waals surface area contributed by atoms with Gasteiger partial charge in [0.15, 0.2) is 5.54 Å². The van der Waals surface area contributed by atoms with Gasteiger partial charge >= 0.3 is 5.97 Å². The van der Waals surface area contributed by atoms with Crippen LogP contribution < -0.4 is 5.32 Å². The summed E-state index contributed by atoms with van der Waals surface area (Å²) in [6.07, 6.45) is 0. The van der Waals surface area contributed by atoms with E-state index < -0.39 is 29.4 Å². The van der Waals surface area contributed by atoms with Gasteiger partial charge < -0.3 is 4.74 Å². The van der Waals surface area contributed by atoms with Gasteiger partial charge in [0.25, 0.3) is 0 Å². The SMILES string of the molecule is CCOC(=O)[C@]1(c2ccccc2)N[C@@H](c2cccs2)[C@H]2C(=O)N(C)C(=O)[C@@H]21. The summed E-state index contributed by atoms with van der Waals surface area (Å²) in [4.78, 5) is 41.3. The Morgan fingerprint density at radius 1 is 1.19 bits per heavy atom. The number of imide groups is 1. The van der Waals surface area contributed by atoms with Gasteiger partial charge in [-0.15, -0.1) is 11.3 Å². The highest BCUT2D eigenvalue weighted by atomic mass is 32.1.